The van der Waals surface area contributed by atoms with E-state index in [1.807, 2.05) is 0 Å². The Bertz CT molecular complexity index is 299. The Kier molecular flexibility index (Phi) is 3.01. The fourth-order valence-electron chi connectivity index (χ4n) is 1.13. The largest absolute Gasteiger partial charge is 0.380 e. The third kappa shape index (κ3) is 3.39. The van der Waals surface area contributed by atoms with Gasteiger partial charge in [-0.15, -0.1) is 0 Å². The van der Waals surface area contributed by atoms with Crippen LogP contribution < -0.4 is 5.32 Å². The van der Waals surface area contributed by atoms with Crippen LogP contribution in [0, 0.1) is 6.92 Å². The van der Waals surface area contributed by atoms with Gasteiger partial charge in [0.15, 0.2) is 0 Å². The minimum atomic E-state index is 0.109. The summed E-state index contributed by atoms with van der Waals surface area (Å²) in [6, 6.07) is 6.33. The van der Waals surface area contributed by atoms with E-state index in [1.165, 1.54) is 5.56 Å². The fraction of sp³-hybridized carbons (Fsp3) is 0.455. The zero-order chi connectivity index (χ0) is 10.1. The van der Waals surface area contributed by atoms with Crippen LogP contribution in [0.1, 0.15) is 26.3 Å². The quantitative estimate of drug-likeness (QED) is 0.785. The molecule has 0 unspecified atom stereocenters. The van der Waals surface area contributed by atoms with E-state index in [-0.39, 0.29) is 5.54 Å². The molecule has 1 rings (SSSR count). The van der Waals surface area contributed by atoms with E-state index < -0.39 is 0 Å². The zero-order valence-corrected chi connectivity index (χ0v) is 10.2. The molecule has 0 radical (unpaired) electrons. The van der Waals surface area contributed by atoms with Gasteiger partial charge in [0.05, 0.1) is 0 Å². The number of aryl methyl sites for hydroxylation is 1. The van der Waals surface area contributed by atoms with E-state index in [0.29, 0.717) is 0 Å². The minimum absolute atomic E-state index is 0.109. The van der Waals surface area contributed by atoms with Gasteiger partial charge < -0.3 is 5.32 Å². The number of halogens is 1. The van der Waals surface area contributed by atoms with E-state index in [9.17, 15) is 0 Å². The molecule has 72 valence electrons. The summed E-state index contributed by atoms with van der Waals surface area (Å²) < 4.78 is 1.13. The molecule has 2 heteroatoms. The second kappa shape index (κ2) is 3.70. The Hall–Kier alpha value is -0.500. The van der Waals surface area contributed by atoms with E-state index in [2.05, 4.69) is 67.1 Å². The molecule has 0 heterocycles. The second-order valence-corrected chi connectivity index (χ2v) is 5.21. The van der Waals surface area contributed by atoms with Gasteiger partial charge in [0.2, 0.25) is 0 Å². The SMILES string of the molecule is Cc1ccc(NC(C)(C)C)c(Br)c1. The highest BCUT2D eigenvalue weighted by Gasteiger charge is 2.10. The Morgan fingerprint density at radius 1 is 1.23 bits per heavy atom. The van der Waals surface area contributed by atoms with Gasteiger partial charge in [-0.3, -0.25) is 0 Å². The maximum absolute atomic E-state index is 3.54. The van der Waals surface area contributed by atoms with Crippen LogP contribution in [-0.2, 0) is 0 Å². The second-order valence-electron chi connectivity index (χ2n) is 4.36. The standard InChI is InChI=1S/C11H16BrN/c1-8-5-6-10(9(12)7-8)13-11(2,3)4/h5-7,13H,1-4H3. The first kappa shape index (κ1) is 10.6. The van der Waals surface area contributed by atoms with Crippen molar-refractivity contribution < 1.29 is 0 Å². The molecule has 1 nitrogen and oxygen atoms in total. The summed E-state index contributed by atoms with van der Waals surface area (Å²) in [5, 5.41) is 3.43. The molecule has 0 aliphatic carbocycles. The van der Waals surface area contributed by atoms with Crippen LogP contribution >= 0.6 is 15.9 Å². The van der Waals surface area contributed by atoms with Crippen molar-refractivity contribution in [1.29, 1.82) is 0 Å². The Labute approximate surface area is 88.7 Å². The zero-order valence-electron chi connectivity index (χ0n) is 8.61. The van der Waals surface area contributed by atoms with Crippen LogP contribution in [0.3, 0.4) is 0 Å². The predicted molar refractivity (Wildman–Crippen MR) is 62.3 cm³/mol. The van der Waals surface area contributed by atoms with Gasteiger partial charge >= 0.3 is 0 Å². The number of benzene rings is 1. The van der Waals surface area contributed by atoms with Crippen molar-refractivity contribution in [3.63, 3.8) is 0 Å². The van der Waals surface area contributed by atoms with Gasteiger partial charge in [-0.2, -0.15) is 0 Å². The lowest BCUT2D eigenvalue weighted by Crippen LogP contribution is -2.26. The van der Waals surface area contributed by atoms with Gasteiger partial charge in [0.1, 0.15) is 0 Å². The lowest BCUT2D eigenvalue weighted by Gasteiger charge is -2.23. The Morgan fingerprint density at radius 2 is 1.85 bits per heavy atom. The average molecular weight is 242 g/mol. The first-order valence-corrected chi connectivity index (χ1v) is 5.22. The summed E-state index contributed by atoms with van der Waals surface area (Å²) in [7, 11) is 0. The van der Waals surface area contributed by atoms with Crippen LogP contribution in [0.25, 0.3) is 0 Å². The average Bonchev–Trinajstić information content (AvgIpc) is 1.93. The van der Waals surface area contributed by atoms with Gasteiger partial charge in [0, 0.05) is 15.7 Å². The lowest BCUT2D eigenvalue weighted by atomic mass is 10.1. The molecule has 1 aromatic carbocycles. The fourth-order valence-corrected chi connectivity index (χ4v) is 1.72. The molecule has 0 bridgehead atoms. The molecule has 0 fully saturated rings. The number of nitrogens with one attached hydrogen (secondary N) is 1. The smallest absolute Gasteiger partial charge is 0.0488 e. The molecule has 0 spiro atoms. The third-order valence-corrected chi connectivity index (χ3v) is 2.29. The molecule has 13 heavy (non-hydrogen) atoms. The van der Waals surface area contributed by atoms with Crippen LogP contribution in [0.2, 0.25) is 0 Å². The van der Waals surface area contributed by atoms with Gasteiger partial charge in [0.25, 0.3) is 0 Å². The van der Waals surface area contributed by atoms with Gasteiger partial charge in [-0.25, -0.2) is 0 Å². The van der Waals surface area contributed by atoms with Crippen molar-refractivity contribution in [2.45, 2.75) is 33.2 Å². The monoisotopic (exact) mass is 241 g/mol. The third-order valence-electron chi connectivity index (χ3n) is 1.63. The number of hydrogen-bond donors (Lipinski definition) is 1. The van der Waals surface area contributed by atoms with Crippen molar-refractivity contribution in [2.75, 3.05) is 5.32 Å². The van der Waals surface area contributed by atoms with Crippen molar-refractivity contribution in [1.82, 2.24) is 0 Å². The first-order chi connectivity index (χ1) is 5.88. The lowest BCUT2D eigenvalue weighted by molar-refractivity contribution is 0.633. The van der Waals surface area contributed by atoms with E-state index in [1.54, 1.807) is 0 Å². The highest BCUT2D eigenvalue weighted by Crippen LogP contribution is 2.25. The maximum atomic E-state index is 3.54. The number of rotatable bonds is 1. The molecule has 0 atom stereocenters. The summed E-state index contributed by atoms with van der Waals surface area (Å²) >= 11 is 3.54. The molecule has 1 N–H and O–H groups in total. The summed E-state index contributed by atoms with van der Waals surface area (Å²) in [5.41, 5.74) is 2.53. The maximum Gasteiger partial charge on any atom is 0.0488 e. The number of anilines is 1. The van der Waals surface area contributed by atoms with Crippen LogP contribution in [0.5, 0.6) is 0 Å². The van der Waals surface area contributed by atoms with Crippen molar-refractivity contribution in [2.24, 2.45) is 0 Å². The molecule has 0 aliphatic heterocycles. The predicted octanol–water partition coefficient (Wildman–Crippen LogP) is 3.97. The number of hydrogen-bond acceptors (Lipinski definition) is 1. The Morgan fingerprint density at radius 3 is 2.31 bits per heavy atom. The minimum Gasteiger partial charge on any atom is -0.380 e. The summed E-state index contributed by atoms with van der Waals surface area (Å²) in [5.74, 6) is 0. The van der Waals surface area contributed by atoms with Crippen LogP contribution in [0.4, 0.5) is 5.69 Å². The molecule has 0 saturated carbocycles. The van der Waals surface area contributed by atoms with Gasteiger partial charge in [-0.05, 0) is 61.3 Å². The Balaban J connectivity index is 2.90. The normalized spacial score (nSPS) is 11.5. The topological polar surface area (TPSA) is 12.0 Å². The van der Waals surface area contributed by atoms with E-state index in [0.717, 1.165) is 10.2 Å². The highest BCUT2D eigenvalue weighted by molar-refractivity contribution is 9.10. The van der Waals surface area contributed by atoms with Crippen molar-refractivity contribution in [3.8, 4) is 0 Å². The molecule has 0 aliphatic rings. The first-order valence-electron chi connectivity index (χ1n) is 4.43. The van der Waals surface area contributed by atoms with E-state index >= 15 is 0 Å². The van der Waals surface area contributed by atoms with Crippen molar-refractivity contribution >= 4 is 21.6 Å². The molecule has 0 amide bonds. The highest BCUT2D eigenvalue weighted by atomic mass is 79.9. The van der Waals surface area contributed by atoms with Crippen LogP contribution in [0.15, 0.2) is 22.7 Å². The van der Waals surface area contributed by atoms with E-state index in [4.69, 9.17) is 0 Å². The van der Waals surface area contributed by atoms with Crippen LogP contribution in [-0.4, -0.2) is 5.54 Å². The summed E-state index contributed by atoms with van der Waals surface area (Å²) in [6.07, 6.45) is 0. The molecule has 1 aromatic rings. The summed E-state index contributed by atoms with van der Waals surface area (Å²) in [4.78, 5) is 0. The van der Waals surface area contributed by atoms with Crippen molar-refractivity contribution in [3.05, 3.63) is 28.2 Å². The molecular weight excluding hydrogens is 226 g/mol. The summed E-state index contributed by atoms with van der Waals surface area (Å²) in [6.45, 7) is 8.55. The molecule has 0 aromatic heterocycles. The van der Waals surface area contributed by atoms with Gasteiger partial charge in [-0.1, -0.05) is 6.07 Å². The molecular formula is C11H16BrN. The molecule has 0 saturated heterocycles.